The van der Waals surface area contributed by atoms with Crippen molar-refractivity contribution in [3.63, 3.8) is 0 Å². The summed E-state index contributed by atoms with van der Waals surface area (Å²) < 4.78 is 15.9. The van der Waals surface area contributed by atoms with Crippen LogP contribution in [0.25, 0.3) is 11.1 Å². The quantitative estimate of drug-likeness (QED) is 0.765. The molecule has 130 valence electrons. The van der Waals surface area contributed by atoms with Gasteiger partial charge >= 0.3 is 5.63 Å². The van der Waals surface area contributed by atoms with Crippen molar-refractivity contribution in [2.75, 3.05) is 7.11 Å². The zero-order valence-corrected chi connectivity index (χ0v) is 14.2. The van der Waals surface area contributed by atoms with Crippen molar-refractivity contribution >= 4 is 11.1 Å². The lowest BCUT2D eigenvalue weighted by molar-refractivity contribution is 0.272. The molecule has 0 radical (unpaired) electrons. The van der Waals surface area contributed by atoms with Gasteiger partial charge in [0.05, 0.1) is 7.11 Å². The molecule has 0 saturated heterocycles. The summed E-state index contributed by atoms with van der Waals surface area (Å²) in [4.78, 5) is 30.6. The lowest BCUT2D eigenvalue weighted by atomic mass is 10.1. The Labute approximate surface area is 143 Å². The van der Waals surface area contributed by atoms with Crippen molar-refractivity contribution in [2.24, 2.45) is 0 Å². The first kappa shape index (κ1) is 16.8. The van der Waals surface area contributed by atoms with Crippen LogP contribution in [0.15, 0.2) is 38.3 Å². The SMILES string of the molecule is CCc1cc(=O)oc2nc(OCc3cc(C)ccc3OC)[nH]c(=O)c12. The second kappa shape index (κ2) is 6.80. The molecule has 0 aliphatic heterocycles. The molecule has 0 saturated carbocycles. The number of aromatic nitrogens is 2. The zero-order chi connectivity index (χ0) is 18.0. The van der Waals surface area contributed by atoms with E-state index in [9.17, 15) is 9.59 Å². The fourth-order valence-electron chi connectivity index (χ4n) is 2.64. The van der Waals surface area contributed by atoms with E-state index in [0.29, 0.717) is 17.7 Å². The molecule has 0 aliphatic carbocycles. The highest BCUT2D eigenvalue weighted by Gasteiger charge is 2.13. The predicted molar refractivity (Wildman–Crippen MR) is 92.3 cm³/mol. The lowest BCUT2D eigenvalue weighted by Crippen LogP contribution is -2.15. The molecule has 3 aromatic rings. The fourth-order valence-corrected chi connectivity index (χ4v) is 2.64. The van der Waals surface area contributed by atoms with Crippen molar-refractivity contribution in [3.8, 4) is 11.8 Å². The van der Waals surface area contributed by atoms with Gasteiger partial charge in [0, 0.05) is 11.6 Å². The maximum Gasteiger partial charge on any atom is 0.337 e. The number of aryl methyl sites for hydroxylation is 2. The van der Waals surface area contributed by atoms with Gasteiger partial charge in [-0.2, -0.15) is 4.98 Å². The third-order valence-electron chi connectivity index (χ3n) is 3.86. The number of benzene rings is 1. The van der Waals surface area contributed by atoms with Crippen molar-refractivity contribution in [3.05, 3.63) is 61.7 Å². The molecule has 25 heavy (non-hydrogen) atoms. The lowest BCUT2D eigenvalue weighted by Gasteiger charge is -2.10. The highest BCUT2D eigenvalue weighted by molar-refractivity contribution is 5.75. The number of methoxy groups -OCH3 is 1. The van der Waals surface area contributed by atoms with E-state index >= 15 is 0 Å². The molecule has 7 nitrogen and oxygen atoms in total. The van der Waals surface area contributed by atoms with E-state index in [0.717, 1.165) is 11.1 Å². The standard InChI is InChI=1S/C18H18N2O5/c1-4-11-8-14(21)25-17-15(11)16(22)19-18(20-17)24-9-12-7-10(2)5-6-13(12)23-3/h5-8H,4,9H2,1-3H3,(H,19,20,22). The van der Waals surface area contributed by atoms with Crippen LogP contribution in [0.1, 0.15) is 23.6 Å². The molecular weight excluding hydrogens is 324 g/mol. The van der Waals surface area contributed by atoms with Gasteiger partial charge in [-0.05, 0) is 31.0 Å². The van der Waals surface area contributed by atoms with Crippen LogP contribution in [0.5, 0.6) is 11.8 Å². The molecule has 7 heteroatoms. The number of nitrogens with zero attached hydrogens (tertiary/aromatic N) is 1. The van der Waals surface area contributed by atoms with Crippen LogP contribution in [0.2, 0.25) is 0 Å². The number of ether oxygens (including phenoxy) is 2. The van der Waals surface area contributed by atoms with Gasteiger partial charge in [-0.25, -0.2) is 4.79 Å². The van der Waals surface area contributed by atoms with Crippen LogP contribution >= 0.6 is 0 Å². The maximum atomic E-state index is 12.3. The van der Waals surface area contributed by atoms with E-state index in [2.05, 4.69) is 9.97 Å². The second-order valence-corrected chi connectivity index (χ2v) is 5.60. The van der Waals surface area contributed by atoms with Gasteiger partial charge in [0.15, 0.2) is 0 Å². The molecule has 2 aromatic heterocycles. The van der Waals surface area contributed by atoms with Crippen molar-refractivity contribution in [1.29, 1.82) is 0 Å². The van der Waals surface area contributed by atoms with Crippen LogP contribution < -0.4 is 20.7 Å². The molecule has 0 spiro atoms. The van der Waals surface area contributed by atoms with Gasteiger partial charge in [0.25, 0.3) is 11.6 Å². The molecule has 0 fully saturated rings. The Hall–Kier alpha value is -3.09. The van der Waals surface area contributed by atoms with Crippen molar-refractivity contribution in [2.45, 2.75) is 26.9 Å². The van der Waals surface area contributed by atoms with Crippen LogP contribution in [0.3, 0.4) is 0 Å². The summed E-state index contributed by atoms with van der Waals surface area (Å²) in [7, 11) is 1.57. The van der Waals surface area contributed by atoms with Crippen LogP contribution in [0, 0.1) is 6.92 Å². The minimum absolute atomic E-state index is 0.0162. The van der Waals surface area contributed by atoms with Crippen molar-refractivity contribution < 1.29 is 13.9 Å². The minimum Gasteiger partial charge on any atom is -0.496 e. The Morgan fingerprint density at radius 2 is 2.00 bits per heavy atom. The summed E-state index contributed by atoms with van der Waals surface area (Å²) in [6, 6.07) is 6.99. The summed E-state index contributed by atoms with van der Waals surface area (Å²) >= 11 is 0. The molecule has 3 rings (SSSR count). The van der Waals surface area contributed by atoms with E-state index in [1.807, 2.05) is 32.0 Å². The van der Waals surface area contributed by atoms with Gasteiger partial charge in [-0.3, -0.25) is 9.78 Å². The second-order valence-electron chi connectivity index (χ2n) is 5.60. The van der Waals surface area contributed by atoms with E-state index in [1.165, 1.54) is 6.07 Å². The topological polar surface area (TPSA) is 94.4 Å². The number of fused-ring (bicyclic) bond motifs is 1. The monoisotopic (exact) mass is 342 g/mol. The highest BCUT2D eigenvalue weighted by atomic mass is 16.5. The van der Waals surface area contributed by atoms with Gasteiger partial charge in [-0.15, -0.1) is 0 Å². The number of rotatable bonds is 5. The summed E-state index contributed by atoms with van der Waals surface area (Å²) in [5, 5.41) is 0.266. The summed E-state index contributed by atoms with van der Waals surface area (Å²) in [5.41, 5.74) is 1.48. The van der Waals surface area contributed by atoms with Crippen LogP contribution in [0.4, 0.5) is 0 Å². The smallest absolute Gasteiger partial charge is 0.337 e. The van der Waals surface area contributed by atoms with E-state index < -0.39 is 11.2 Å². The van der Waals surface area contributed by atoms with Gasteiger partial charge in [0.1, 0.15) is 17.7 Å². The molecule has 0 amide bonds. The summed E-state index contributed by atoms with van der Waals surface area (Å²) in [6.45, 7) is 3.96. The third kappa shape index (κ3) is 3.40. The summed E-state index contributed by atoms with van der Waals surface area (Å²) in [6.07, 6.45) is 0.521. The number of aromatic amines is 1. The highest BCUT2D eigenvalue weighted by Crippen LogP contribution is 2.21. The average molecular weight is 342 g/mol. The molecule has 0 unspecified atom stereocenters. The first-order chi connectivity index (χ1) is 12.0. The zero-order valence-electron chi connectivity index (χ0n) is 14.2. The first-order valence-corrected chi connectivity index (χ1v) is 7.85. The fraction of sp³-hybridized carbons (Fsp3) is 0.278. The normalized spacial score (nSPS) is 10.8. The predicted octanol–water partition coefficient (Wildman–Crippen LogP) is 2.33. The molecule has 0 atom stereocenters. The average Bonchev–Trinajstić information content (AvgIpc) is 2.58. The Morgan fingerprint density at radius 3 is 2.72 bits per heavy atom. The summed E-state index contributed by atoms with van der Waals surface area (Å²) in [5.74, 6) is 0.675. The largest absolute Gasteiger partial charge is 0.496 e. The van der Waals surface area contributed by atoms with E-state index in [-0.39, 0.29) is 23.7 Å². The Kier molecular flexibility index (Phi) is 4.56. The molecule has 0 bridgehead atoms. The number of H-pyrrole nitrogens is 1. The van der Waals surface area contributed by atoms with Gasteiger partial charge in [-0.1, -0.05) is 18.6 Å². The Bertz CT molecular complexity index is 1040. The molecule has 1 N–H and O–H groups in total. The first-order valence-electron chi connectivity index (χ1n) is 7.85. The molecule has 1 aromatic carbocycles. The maximum absolute atomic E-state index is 12.3. The van der Waals surface area contributed by atoms with E-state index in [4.69, 9.17) is 13.9 Å². The molecule has 2 heterocycles. The molecule has 0 aliphatic rings. The Balaban J connectivity index is 1.97. The van der Waals surface area contributed by atoms with Crippen molar-refractivity contribution in [1.82, 2.24) is 9.97 Å². The van der Waals surface area contributed by atoms with Crippen LogP contribution in [-0.4, -0.2) is 17.1 Å². The third-order valence-corrected chi connectivity index (χ3v) is 3.86. The number of hydrogen-bond donors (Lipinski definition) is 1. The molecular formula is C18H18N2O5. The van der Waals surface area contributed by atoms with E-state index in [1.54, 1.807) is 7.11 Å². The minimum atomic E-state index is -0.547. The number of nitrogens with one attached hydrogen (secondary N) is 1. The number of hydrogen-bond acceptors (Lipinski definition) is 6. The van der Waals surface area contributed by atoms with Crippen LogP contribution in [-0.2, 0) is 13.0 Å². The Morgan fingerprint density at radius 1 is 1.20 bits per heavy atom. The van der Waals surface area contributed by atoms with Gasteiger partial charge < -0.3 is 13.9 Å². The van der Waals surface area contributed by atoms with Gasteiger partial charge in [0.2, 0.25) is 5.71 Å².